The van der Waals surface area contributed by atoms with E-state index in [4.69, 9.17) is 5.73 Å². The molecule has 4 rings (SSSR count). The Morgan fingerprint density at radius 2 is 1.90 bits per heavy atom. The van der Waals surface area contributed by atoms with Crippen LogP contribution in [0.3, 0.4) is 0 Å². The molecule has 2 heterocycles. The first kappa shape index (κ1) is 21.2. The van der Waals surface area contributed by atoms with E-state index in [0.717, 1.165) is 41.7 Å². The molecule has 0 spiro atoms. The molecule has 0 aromatic heterocycles. The second-order valence-electron chi connectivity index (χ2n) is 7.78. The normalized spacial score (nSPS) is 17.3. The third-order valence-electron chi connectivity index (χ3n) is 5.76. The number of fused-ring (bicyclic) bond motifs is 2. The summed E-state index contributed by atoms with van der Waals surface area (Å²) in [5, 5.41) is 2.83. The van der Waals surface area contributed by atoms with Crippen molar-refractivity contribution in [3.8, 4) is 0 Å². The number of rotatable bonds is 4. The number of amides is 1. The zero-order valence-electron chi connectivity index (χ0n) is 16.5. The fourth-order valence-corrected chi connectivity index (χ4v) is 5.23. The highest BCUT2D eigenvalue weighted by molar-refractivity contribution is 7.99. The number of anilines is 1. The summed E-state index contributed by atoms with van der Waals surface area (Å²) in [6.07, 6.45) is -2.60. The molecular weight excluding hydrogens is 411 g/mol. The van der Waals surface area contributed by atoms with Crippen molar-refractivity contribution in [2.45, 2.75) is 35.2 Å². The average molecular weight is 436 g/mol. The highest BCUT2D eigenvalue weighted by Gasteiger charge is 2.34. The van der Waals surface area contributed by atoms with E-state index in [1.54, 1.807) is 0 Å². The van der Waals surface area contributed by atoms with E-state index in [-0.39, 0.29) is 17.5 Å². The Bertz CT molecular complexity index is 940. The molecule has 3 N–H and O–H groups in total. The summed E-state index contributed by atoms with van der Waals surface area (Å²) in [5.41, 5.74) is 6.93. The van der Waals surface area contributed by atoms with Gasteiger partial charge in [-0.05, 0) is 55.3 Å². The maximum absolute atomic E-state index is 13.5. The van der Waals surface area contributed by atoms with Gasteiger partial charge < -0.3 is 16.0 Å². The van der Waals surface area contributed by atoms with Gasteiger partial charge in [-0.3, -0.25) is 4.79 Å². The highest BCUT2D eigenvalue weighted by atomic mass is 32.2. The monoisotopic (exact) mass is 435 g/mol. The SMILES string of the molecule is NCCN1CCC(C(=O)Nc2cc(C(F)(F)F)cc3c2Cc2ccccc2S3)CC1. The lowest BCUT2D eigenvalue weighted by Gasteiger charge is -2.31. The van der Waals surface area contributed by atoms with Crippen molar-refractivity contribution in [1.29, 1.82) is 0 Å². The van der Waals surface area contributed by atoms with Crippen LogP contribution >= 0.6 is 11.8 Å². The van der Waals surface area contributed by atoms with E-state index in [9.17, 15) is 18.0 Å². The Morgan fingerprint density at radius 1 is 1.17 bits per heavy atom. The number of nitrogens with one attached hydrogen (secondary N) is 1. The highest BCUT2D eigenvalue weighted by Crippen LogP contribution is 2.45. The summed E-state index contributed by atoms with van der Waals surface area (Å²) in [6, 6.07) is 9.95. The van der Waals surface area contributed by atoms with Gasteiger partial charge in [0.2, 0.25) is 5.91 Å². The molecule has 0 unspecified atom stereocenters. The Hall–Kier alpha value is -2.03. The minimum atomic E-state index is -4.47. The van der Waals surface area contributed by atoms with Gasteiger partial charge in [0, 0.05) is 40.9 Å². The molecule has 160 valence electrons. The molecule has 8 heteroatoms. The molecule has 2 aliphatic heterocycles. The molecule has 0 aliphatic carbocycles. The maximum Gasteiger partial charge on any atom is 0.416 e. The van der Waals surface area contributed by atoms with E-state index in [2.05, 4.69) is 10.2 Å². The lowest BCUT2D eigenvalue weighted by atomic mass is 9.95. The largest absolute Gasteiger partial charge is 0.416 e. The van der Waals surface area contributed by atoms with Crippen LogP contribution in [0, 0.1) is 5.92 Å². The number of alkyl halides is 3. The molecule has 4 nitrogen and oxygen atoms in total. The van der Waals surface area contributed by atoms with Crippen molar-refractivity contribution in [2.75, 3.05) is 31.5 Å². The van der Waals surface area contributed by atoms with Crippen LogP contribution < -0.4 is 11.1 Å². The van der Waals surface area contributed by atoms with Crippen molar-refractivity contribution in [3.63, 3.8) is 0 Å². The molecule has 0 atom stereocenters. The molecule has 2 aromatic rings. The Balaban J connectivity index is 1.59. The predicted octanol–water partition coefficient (Wildman–Crippen LogP) is 4.37. The van der Waals surface area contributed by atoms with Crippen LogP contribution in [0.1, 0.15) is 29.5 Å². The lowest BCUT2D eigenvalue weighted by molar-refractivity contribution is -0.137. The first-order chi connectivity index (χ1) is 14.3. The van der Waals surface area contributed by atoms with Crippen LogP contribution in [-0.2, 0) is 17.4 Å². The summed E-state index contributed by atoms with van der Waals surface area (Å²) in [4.78, 5) is 16.6. The van der Waals surface area contributed by atoms with Crippen LogP contribution in [0.2, 0.25) is 0 Å². The van der Waals surface area contributed by atoms with Crippen LogP contribution in [0.25, 0.3) is 0 Å². The van der Waals surface area contributed by atoms with Crippen molar-refractivity contribution in [3.05, 3.63) is 53.1 Å². The first-order valence-electron chi connectivity index (χ1n) is 10.1. The third-order valence-corrected chi connectivity index (χ3v) is 6.96. The van der Waals surface area contributed by atoms with E-state index >= 15 is 0 Å². The van der Waals surface area contributed by atoms with Gasteiger partial charge >= 0.3 is 6.18 Å². The minimum absolute atomic E-state index is 0.201. The molecular formula is C22H24F3N3OS. The van der Waals surface area contributed by atoms with Crippen molar-refractivity contribution < 1.29 is 18.0 Å². The van der Waals surface area contributed by atoms with Gasteiger partial charge in [0.1, 0.15) is 0 Å². The summed E-state index contributed by atoms with van der Waals surface area (Å²) >= 11 is 1.33. The maximum atomic E-state index is 13.5. The summed E-state index contributed by atoms with van der Waals surface area (Å²) in [7, 11) is 0. The van der Waals surface area contributed by atoms with Crippen molar-refractivity contribution in [1.82, 2.24) is 4.90 Å². The number of hydrogen-bond acceptors (Lipinski definition) is 4. The van der Waals surface area contributed by atoms with Gasteiger partial charge in [0.15, 0.2) is 0 Å². The second kappa shape index (κ2) is 8.61. The van der Waals surface area contributed by atoms with Gasteiger partial charge in [-0.2, -0.15) is 13.2 Å². The van der Waals surface area contributed by atoms with E-state index in [0.29, 0.717) is 30.7 Å². The molecule has 1 amide bonds. The number of nitrogens with zero attached hydrogens (tertiary/aromatic N) is 1. The fourth-order valence-electron chi connectivity index (χ4n) is 4.09. The van der Waals surface area contributed by atoms with E-state index in [1.165, 1.54) is 17.8 Å². The number of carbonyl (C=O) groups excluding carboxylic acids is 1. The molecule has 0 saturated carbocycles. The molecule has 2 aromatic carbocycles. The molecule has 30 heavy (non-hydrogen) atoms. The summed E-state index contributed by atoms with van der Waals surface area (Å²) in [6.45, 7) is 2.93. The predicted molar refractivity (Wildman–Crippen MR) is 112 cm³/mol. The number of benzene rings is 2. The third kappa shape index (κ3) is 4.50. The van der Waals surface area contributed by atoms with Crippen LogP contribution in [0.4, 0.5) is 18.9 Å². The van der Waals surface area contributed by atoms with E-state index in [1.807, 2.05) is 24.3 Å². The first-order valence-corrected chi connectivity index (χ1v) is 10.9. The Labute approximate surface area is 178 Å². The molecule has 1 fully saturated rings. The number of halogens is 3. The number of piperidine rings is 1. The van der Waals surface area contributed by atoms with Gasteiger partial charge in [-0.15, -0.1) is 0 Å². The smallest absolute Gasteiger partial charge is 0.329 e. The number of hydrogen-bond donors (Lipinski definition) is 2. The minimum Gasteiger partial charge on any atom is -0.329 e. The Kier molecular flexibility index (Phi) is 6.09. The zero-order valence-corrected chi connectivity index (χ0v) is 17.3. The van der Waals surface area contributed by atoms with Gasteiger partial charge in [-0.25, -0.2) is 0 Å². The van der Waals surface area contributed by atoms with Gasteiger partial charge in [0.25, 0.3) is 0 Å². The molecule has 0 bridgehead atoms. The lowest BCUT2D eigenvalue weighted by Crippen LogP contribution is -2.40. The quantitative estimate of drug-likeness (QED) is 0.639. The van der Waals surface area contributed by atoms with Crippen molar-refractivity contribution >= 4 is 23.4 Å². The average Bonchev–Trinajstić information content (AvgIpc) is 2.72. The number of nitrogens with two attached hydrogens (primary N) is 1. The molecule has 2 aliphatic rings. The van der Waals surface area contributed by atoms with Gasteiger partial charge in [-0.1, -0.05) is 30.0 Å². The molecule has 1 saturated heterocycles. The summed E-state index contributed by atoms with van der Waals surface area (Å²) in [5.74, 6) is -0.402. The zero-order chi connectivity index (χ0) is 21.3. The molecule has 0 radical (unpaired) electrons. The van der Waals surface area contributed by atoms with Crippen LogP contribution in [-0.4, -0.2) is 37.0 Å². The number of carbonyl (C=O) groups is 1. The Morgan fingerprint density at radius 3 is 2.60 bits per heavy atom. The van der Waals surface area contributed by atoms with Crippen LogP contribution in [0.5, 0.6) is 0 Å². The standard InChI is InChI=1S/C22H24F3N3OS/c23-22(24,25)16-12-18(27-21(29)14-5-8-28(9-6-14)10-7-26)17-11-15-3-1-2-4-19(15)30-20(17)13-16/h1-4,12-14H,5-11,26H2,(H,27,29). The topological polar surface area (TPSA) is 58.4 Å². The number of likely N-dealkylation sites (tertiary alicyclic amines) is 1. The van der Waals surface area contributed by atoms with Crippen molar-refractivity contribution in [2.24, 2.45) is 11.7 Å². The second-order valence-corrected chi connectivity index (χ2v) is 8.86. The van der Waals surface area contributed by atoms with Crippen LogP contribution in [0.15, 0.2) is 46.2 Å². The van der Waals surface area contributed by atoms with Gasteiger partial charge in [0.05, 0.1) is 5.56 Å². The summed E-state index contributed by atoms with van der Waals surface area (Å²) < 4.78 is 40.5. The van der Waals surface area contributed by atoms with E-state index < -0.39 is 11.7 Å². The fraction of sp³-hybridized carbons (Fsp3) is 0.409.